The van der Waals surface area contributed by atoms with E-state index >= 15 is 0 Å². The van der Waals surface area contributed by atoms with E-state index in [1.807, 2.05) is 6.92 Å². The molecule has 0 saturated carbocycles. The lowest BCUT2D eigenvalue weighted by molar-refractivity contribution is -0.226. The molecule has 314 valence electrons. The Kier molecular flexibility index (Phi) is 18.0. The lowest BCUT2D eigenvalue weighted by Crippen LogP contribution is -2.51. The molecule has 0 aliphatic carbocycles. The Labute approximate surface area is 327 Å². The number of carbonyl (C=O) groups is 4. The van der Waals surface area contributed by atoms with Crippen LogP contribution < -0.4 is 27.6 Å². The molecular formula is C39H61N5O12. The van der Waals surface area contributed by atoms with E-state index in [0.717, 1.165) is 48.9 Å². The number of nitrogens with one attached hydrogen (secondary N) is 3. The third-order valence-electron chi connectivity index (χ3n) is 10.6. The molecule has 0 unspecified atom stereocenters. The van der Waals surface area contributed by atoms with Crippen LogP contribution in [0.1, 0.15) is 129 Å². The highest BCUT2D eigenvalue weighted by molar-refractivity contribution is 5.95. The van der Waals surface area contributed by atoms with Crippen LogP contribution in [0.2, 0.25) is 0 Å². The van der Waals surface area contributed by atoms with Crippen molar-refractivity contribution in [1.82, 2.24) is 20.2 Å². The van der Waals surface area contributed by atoms with Gasteiger partial charge in [-0.1, -0.05) is 77.6 Å². The van der Waals surface area contributed by atoms with Crippen molar-refractivity contribution in [1.29, 1.82) is 0 Å². The highest BCUT2D eigenvalue weighted by Gasteiger charge is 2.53. The van der Waals surface area contributed by atoms with E-state index in [9.17, 15) is 39.0 Å². The summed E-state index contributed by atoms with van der Waals surface area (Å²) in [7, 11) is 0. The molecule has 0 aromatic carbocycles. The molecule has 0 radical (unpaired) electrons. The Bertz CT molecular complexity index is 1600. The van der Waals surface area contributed by atoms with Crippen molar-refractivity contribution in [3.8, 4) is 0 Å². The van der Waals surface area contributed by atoms with Gasteiger partial charge >= 0.3 is 11.7 Å². The zero-order chi connectivity index (χ0) is 40.6. The van der Waals surface area contributed by atoms with E-state index in [0.29, 0.717) is 19.3 Å². The van der Waals surface area contributed by atoms with Gasteiger partial charge in [-0.25, -0.2) is 4.79 Å². The number of unbranched alkanes of at least 4 members (excludes halogenated alkanes) is 11. The van der Waals surface area contributed by atoms with Crippen molar-refractivity contribution in [2.45, 2.75) is 172 Å². The number of rotatable bonds is 22. The summed E-state index contributed by atoms with van der Waals surface area (Å²) in [5, 5.41) is 26.9. The van der Waals surface area contributed by atoms with E-state index in [1.165, 1.54) is 51.0 Å². The van der Waals surface area contributed by atoms with Crippen molar-refractivity contribution in [3.63, 3.8) is 0 Å². The maximum atomic E-state index is 13.2. The molecule has 3 aliphatic rings. The van der Waals surface area contributed by atoms with Crippen molar-refractivity contribution in [3.05, 3.63) is 44.9 Å². The lowest BCUT2D eigenvalue weighted by atomic mass is 9.94. The monoisotopic (exact) mass is 791 g/mol. The van der Waals surface area contributed by atoms with Gasteiger partial charge in [-0.15, -0.1) is 0 Å². The molecule has 0 bridgehead atoms. The van der Waals surface area contributed by atoms with Gasteiger partial charge in [0.05, 0.1) is 12.5 Å². The fourth-order valence-electron chi connectivity index (χ4n) is 7.41. The van der Waals surface area contributed by atoms with Crippen molar-refractivity contribution < 1.29 is 48.3 Å². The van der Waals surface area contributed by atoms with E-state index < -0.39 is 84.5 Å². The molecule has 9 atom stereocenters. The zero-order valence-corrected chi connectivity index (χ0v) is 32.7. The average Bonchev–Trinajstić information content (AvgIpc) is 3.41. The Hall–Kier alpha value is -4.06. The number of aromatic nitrogens is 2. The first-order chi connectivity index (χ1) is 26.9. The topological polar surface area (TPSA) is 251 Å². The van der Waals surface area contributed by atoms with Gasteiger partial charge in [-0.2, -0.15) is 0 Å². The first-order valence-electron chi connectivity index (χ1n) is 20.3. The molecule has 2 fully saturated rings. The molecule has 1 aromatic heterocycles. The van der Waals surface area contributed by atoms with Gasteiger partial charge in [0.25, 0.3) is 11.5 Å². The Morgan fingerprint density at radius 2 is 1.68 bits per heavy atom. The summed E-state index contributed by atoms with van der Waals surface area (Å²) in [4.78, 5) is 78.8. The van der Waals surface area contributed by atoms with E-state index in [2.05, 4.69) is 22.5 Å². The number of amides is 3. The molecule has 4 rings (SSSR count). The first kappa shape index (κ1) is 44.7. The normalized spacial score (nSPS) is 27.0. The fraction of sp³-hybridized carbons (Fsp3) is 0.744. The molecule has 17 nitrogen and oxygen atoms in total. The van der Waals surface area contributed by atoms with Crippen LogP contribution in [0, 0.1) is 5.92 Å². The van der Waals surface area contributed by atoms with E-state index in [4.69, 9.17) is 24.7 Å². The molecule has 2 saturated heterocycles. The van der Waals surface area contributed by atoms with Crippen LogP contribution in [0.25, 0.3) is 0 Å². The predicted octanol–water partition coefficient (Wildman–Crippen LogP) is 2.08. The third kappa shape index (κ3) is 13.0. The number of nitrogens with two attached hydrogens (primary N) is 1. The summed E-state index contributed by atoms with van der Waals surface area (Å²) in [5.74, 6) is -4.24. The zero-order valence-electron chi connectivity index (χ0n) is 32.7. The number of carbonyl (C=O) groups excluding carboxylic acids is 4. The van der Waals surface area contributed by atoms with Crippen LogP contribution in [0.5, 0.6) is 0 Å². The van der Waals surface area contributed by atoms with Crippen LogP contribution in [-0.2, 0) is 38.1 Å². The van der Waals surface area contributed by atoms with Gasteiger partial charge in [0.15, 0.2) is 24.2 Å². The molecule has 56 heavy (non-hydrogen) atoms. The van der Waals surface area contributed by atoms with Crippen LogP contribution in [0.4, 0.5) is 0 Å². The second-order valence-corrected chi connectivity index (χ2v) is 15.1. The predicted molar refractivity (Wildman–Crippen MR) is 202 cm³/mol. The summed E-state index contributed by atoms with van der Waals surface area (Å²) in [6, 6.07) is 0.203. The maximum Gasteiger partial charge on any atom is 0.330 e. The minimum Gasteiger partial charge on any atom is -0.457 e. The smallest absolute Gasteiger partial charge is 0.330 e. The van der Waals surface area contributed by atoms with Crippen molar-refractivity contribution >= 4 is 23.7 Å². The lowest BCUT2D eigenvalue weighted by Gasteiger charge is -2.33. The number of esters is 1. The first-order valence-corrected chi connectivity index (χ1v) is 20.3. The summed E-state index contributed by atoms with van der Waals surface area (Å²) < 4.78 is 24.5. The molecule has 17 heteroatoms. The number of primary amides is 1. The Balaban J connectivity index is 1.40. The minimum absolute atomic E-state index is 0.0431. The SMILES string of the molecule is CCCCCCCCCCCCCCC(=O)O[C@@H]1[C@H](CO)[C@@H]([C@@H](O[C@H]2OC(C(=O)N[C@H]3CCC[C@@H](C)NC3=O)=CC[C@@H]2O)C(N)=O)O[C@H]1n1ccc(=O)[nH]c1=O. The molecule has 7 N–H and O–H groups in total. The van der Waals surface area contributed by atoms with Crippen molar-refractivity contribution in [2.75, 3.05) is 6.61 Å². The number of ether oxygens (including phenoxy) is 4. The summed E-state index contributed by atoms with van der Waals surface area (Å²) in [6.07, 6.45) is 8.59. The van der Waals surface area contributed by atoms with Crippen LogP contribution >= 0.6 is 0 Å². The van der Waals surface area contributed by atoms with E-state index in [1.54, 1.807) is 0 Å². The quantitative estimate of drug-likeness (QED) is 0.0730. The number of hydrogen-bond donors (Lipinski definition) is 6. The second kappa shape index (κ2) is 22.6. The standard InChI is InChI=1S/C39H61N5O12/c1-3-4-5-6-7-8-9-10-11-12-13-14-18-30(48)54-32-25(23-45)31(55-37(32)44-22-21-29(47)43-39(44)52)33(34(40)49)56-38-27(46)19-20-28(53-38)36(51)42-26-17-15-16-24(2)41-35(26)50/h20-22,24-27,31-33,37-38,45-46H,3-19,23H2,1-2H3,(H2,40,49)(H,41,50)(H,42,51)(H,43,47,52)/t24-,25-,26+,27+,31+,32-,33-,37-,38-/m1/s1. The Morgan fingerprint density at radius 1 is 1.02 bits per heavy atom. The molecular weight excluding hydrogens is 730 g/mol. The van der Waals surface area contributed by atoms with Gasteiger partial charge < -0.3 is 45.5 Å². The largest absolute Gasteiger partial charge is 0.457 e. The molecule has 3 aliphatic heterocycles. The average molecular weight is 792 g/mol. The second-order valence-electron chi connectivity index (χ2n) is 15.1. The highest BCUT2D eigenvalue weighted by atomic mass is 16.7. The van der Waals surface area contributed by atoms with E-state index in [-0.39, 0.29) is 30.5 Å². The summed E-state index contributed by atoms with van der Waals surface area (Å²) >= 11 is 0. The molecule has 4 heterocycles. The van der Waals surface area contributed by atoms with Gasteiger partial charge in [-0.3, -0.25) is 33.5 Å². The minimum atomic E-state index is -1.76. The van der Waals surface area contributed by atoms with Crippen LogP contribution in [0.3, 0.4) is 0 Å². The molecule has 1 aromatic rings. The number of aliphatic hydroxyl groups is 2. The maximum absolute atomic E-state index is 13.2. The van der Waals surface area contributed by atoms with Crippen molar-refractivity contribution in [2.24, 2.45) is 11.7 Å². The number of H-pyrrole nitrogens is 1. The molecule has 3 amide bonds. The van der Waals surface area contributed by atoms with Gasteiger partial charge in [0.2, 0.25) is 18.1 Å². The number of aliphatic hydroxyl groups excluding tert-OH is 2. The van der Waals surface area contributed by atoms with Gasteiger partial charge in [0, 0.05) is 31.1 Å². The van der Waals surface area contributed by atoms with Crippen LogP contribution in [-0.4, -0.2) is 92.9 Å². The van der Waals surface area contributed by atoms with Gasteiger partial charge in [0.1, 0.15) is 18.2 Å². The summed E-state index contributed by atoms with van der Waals surface area (Å²) in [6.45, 7) is 3.36. The fourth-order valence-corrected chi connectivity index (χ4v) is 7.41. The number of nitrogens with zero attached hydrogens (tertiary/aromatic N) is 1. The number of aromatic amines is 1. The van der Waals surface area contributed by atoms with Gasteiger partial charge in [-0.05, 0) is 38.7 Å². The third-order valence-corrected chi connectivity index (χ3v) is 10.6. The Morgan fingerprint density at radius 3 is 2.30 bits per heavy atom. The molecule has 0 spiro atoms. The number of hydrogen-bond acceptors (Lipinski definition) is 12. The highest BCUT2D eigenvalue weighted by Crippen LogP contribution is 2.39. The van der Waals surface area contributed by atoms with Crippen LogP contribution in [0.15, 0.2) is 33.7 Å². The summed E-state index contributed by atoms with van der Waals surface area (Å²) in [5.41, 5.74) is 4.18.